The van der Waals surface area contributed by atoms with Gasteiger partial charge in [0.2, 0.25) is 0 Å². The quantitative estimate of drug-likeness (QED) is 0.899. The summed E-state index contributed by atoms with van der Waals surface area (Å²) in [6.07, 6.45) is 0. The summed E-state index contributed by atoms with van der Waals surface area (Å²) in [5.74, 6) is -0.186. The lowest BCUT2D eigenvalue weighted by atomic mass is 10.1. The third-order valence-corrected chi connectivity index (χ3v) is 2.52. The van der Waals surface area contributed by atoms with E-state index in [0.29, 0.717) is 23.6 Å². The van der Waals surface area contributed by atoms with Gasteiger partial charge in [0, 0.05) is 5.56 Å². The number of aryl methyl sites for hydroxylation is 1. The summed E-state index contributed by atoms with van der Waals surface area (Å²) in [6.45, 7) is 3.93. The molecule has 94 valence electrons. The number of carbonyl (C=O) groups is 1. The highest BCUT2D eigenvalue weighted by molar-refractivity contribution is 5.96. The highest BCUT2D eigenvalue weighted by Gasteiger charge is 2.22. The number of benzene rings is 1. The third kappa shape index (κ3) is 2.07. The van der Waals surface area contributed by atoms with Gasteiger partial charge in [0.05, 0.1) is 6.61 Å². The molecule has 0 aliphatic carbocycles. The van der Waals surface area contributed by atoms with Gasteiger partial charge in [0.15, 0.2) is 0 Å². The van der Waals surface area contributed by atoms with Crippen LogP contribution in [0.2, 0.25) is 0 Å². The first kappa shape index (κ1) is 12.2. The zero-order chi connectivity index (χ0) is 13.1. The molecule has 2 aromatic rings. The second kappa shape index (κ2) is 4.91. The molecule has 0 amide bonds. The molecule has 0 saturated heterocycles. The van der Waals surface area contributed by atoms with Crippen LogP contribution in [0.5, 0.6) is 5.75 Å². The fourth-order valence-corrected chi connectivity index (χ4v) is 1.75. The molecule has 0 aliphatic heterocycles. The molecular formula is C13H13NO4. The van der Waals surface area contributed by atoms with E-state index in [0.717, 1.165) is 0 Å². The molecule has 1 aromatic carbocycles. The SMILES string of the molecule is CCOc1ccccc1-c1noc(C)c1C(=O)O. The third-order valence-electron chi connectivity index (χ3n) is 2.52. The molecule has 5 nitrogen and oxygen atoms in total. The number of nitrogens with zero attached hydrogens (tertiary/aromatic N) is 1. The van der Waals surface area contributed by atoms with Crippen LogP contribution in [0.15, 0.2) is 28.8 Å². The maximum atomic E-state index is 11.2. The molecule has 0 aliphatic rings. The van der Waals surface area contributed by atoms with Crippen molar-refractivity contribution in [2.45, 2.75) is 13.8 Å². The van der Waals surface area contributed by atoms with Crippen molar-refractivity contribution in [1.82, 2.24) is 5.16 Å². The van der Waals surface area contributed by atoms with E-state index < -0.39 is 5.97 Å². The van der Waals surface area contributed by atoms with Gasteiger partial charge < -0.3 is 14.4 Å². The minimum absolute atomic E-state index is 0.0714. The van der Waals surface area contributed by atoms with Crippen LogP contribution in [-0.4, -0.2) is 22.8 Å². The monoisotopic (exact) mass is 247 g/mol. The fourth-order valence-electron chi connectivity index (χ4n) is 1.75. The lowest BCUT2D eigenvalue weighted by Crippen LogP contribution is -2.01. The van der Waals surface area contributed by atoms with E-state index in [4.69, 9.17) is 9.26 Å². The van der Waals surface area contributed by atoms with Gasteiger partial charge in [0.1, 0.15) is 22.8 Å². The second-order valence-electron chi connectivity index (χ2n) is 3.70. The van der Waals surface area contributed by atoms with Crippen molar-refractivity contribution in [2.75, 3.05) is 6.61 Å². The largest absolute Gasteiger partial charge is 0.493 e. The normalized spacial score (nSPS) is 10.3. The Morgan fingerprint density at radius 2 is 2.17 bits per heavy atom. The van der Waals surface area contributed by atoms with Crippen molar-refractivity contribution in [3.63, 3.8) is 0 Å². The van der Waals surface area contributed by atoms with Crippen LogP contribution in [0.1, 0.15) is 23.0 Å². The molecular weight excluding hydrogens is 234 g/mol. The first-order chi connectivity index (χ1) is 8.65. The van der Waals surface area contributed by atoms with E-state index in [2.05, 4.69) is 5.16 Å². The van der Waals surface area contributed by atoms with Crippen LogP contribution >= 0.6 is 0 Å². The van der Waals surface area contributed by atoms with Gasteiger partial charge in [-0.3, -0.25) is 0 Å². The molecule has 0 spiro atoms. The van der Waals surface area contributed by atoms with Gasteiger partial charge in [0.25, 0.3) is 0 Å². The highest BCUT2D eigenvalue weighted by Crippen LogP contribution is 2.32. The summed E-state index contributed by atoms with van der Waals surface area (Å²) in [7, 11) is 0. The van der Waals surface area contributed by atoms with Crippen molar-refractivity contribution in [2.24, 2.45) is 0 Å². The van der Waals surface area contributed by atoms with E-state index in [9.17, 15) is 9.90 Å². The number of para-hydroxylation sites is 1. The van der Waals surface area contributed by atoms with Crippen molar-refractivity contribution in [1.29, 1.82) is 0 Å². The predicted octanol–water partition coefficient (Wildman–Crippen LogP) is 2.75. The first-order valence-corrected chi connectivity index (χ1v) is 5.57. The zero-order valence-corrected chi connectivity index (χ0v) is 10.1. The van der Waals surface area contributed by atoms with Gasteiger partial charge in [-0.2, -0.15) is 0 Å². The zero-order valence-electron chi connectivity index (χ0n) is 10.1. The summed E-state index contributed by atoms with van der Waals surface area (Å²) in [5, 5.41) is 13.0. The number of hydrogen-bond donors (Lipinski definition) is 1. The van der Waals surface area contributed by atoms with E-state index in [-0.39, 0.29) is 11.3 Å². The summed E-state index contributed by atoms with van der Waals surface area (Å²) < 4.78 is 10.4. The smallest absolute Gasteiger partial charge is 0.341 e. The average molecular weight is 247 g/mol. The Morgan fingerprint density at radius 1 is 1.44 bits per heavy atom. The topological polar surface area (TPSA) is 72.6 Å². The molecule has 18 heavy (non-hydrogen) atoms. The standard InChI is InChI=1S/C13H13NO4/c1-3-17-10-7-5-4-6-9(10)12-11(13(15)16)8(2)18-14-12/h4-7H,3H2,1-2H3,(H,15,16). The van der Waals surface area contributed by atoms with Crippen molar-refractivity contribution in [3.05, 3.63) is 35.6 Å². The summed E-state index contributed by atoms with van der Waals surface area (Å²) in [6, 6.07) is 7.15. The number of carboxylic acids is 1. The first-order valence-electron chi connectivity index (χ1n) is 5.57. The average Bonchev–Trinajstić information content (AvgIpc) is 2.72. The van der Waals surface area contributed by atoms with Gasteiger partial charge in [-0.05, 0) is 26.0 Å². The van der Waals surface area contributed by atoms with Crippen LogP contribution < -0.4 is 4.74 Å². The molecule has 2 rings (SSSR count). The van der Waals surface area contributed by atoms with E-state index >= 15 is 0 Å². The lowest BCUT2D eigenvalue weighted by molar-refractivity contribution is 0.0696. The number of aromatic carboxylic acids is 1. The molecule has 1 heterocycles. The molecule has 0 unspecified atom stereocenters. The Hall–Kier alpha value is -2.30. The van der Waals surface area contributed by atoms with Crippen LogP contribution in [0.3, 0.4) is 0 Å². The fraction of sp³-hybridized carbons (Fsp3) is 0.231. The molecule has 1 aromatic heterocycles. The molecule has 1 N–H and O–H groups in total. The van der Waals surface area contributed by atoms with Gasteiger partial charge in [-0.25, -0.2) is 4.79 Å². The van der Waals surface area contributed by atoms with E-state index in [1.54, 1.807) is 25.1 Å². The Bertz CT molecular complexity index is 574. The predicted molar refractivity (Wildman–Crippen MR) is 64.8 cm³/mol. The number of carboxylic acid groups (broad SMARTS) is 1. The maximum Gasteiger partial charge on any atom is 0.341 e. The summed E-state index contributed by atoms with van der Waals surface area (Å²) >= 11 is 0. The van der Waals surface area contributed by atoms with Gasteiger partial charge in [-0.1, -0.05) is 17.3 Å². The Labute approximate surface area is 104 Å². The summed E-state index contributed by atoms with van der Waals surface area (Å²) in [5.41, 5.74) is 0.986. The molecule has 0 atom stereocenters. The molecule has 0 bridgehead atoms. The lowest BCUT2D eigenvalue weighted by Gasteiger charge is -2.07. The Kier molecular flexibility index (Phi) is 3.32. The van der Waals surface area contributed by atoms with Gasteiger partial charge in [-0.15, -0.1) is 0 Å². The maximum absolute atomic E-state index is 11.2. The Balaban J connectivity index is 2.58. The van der Waals surface area contributed by atoms with Crippen molar-refractivity contribution in [3.8, 4) is 17.0 Å². The van der Waals surface area contributed by atoms with Crippen LogP contribution in [0.4, 0.5) is 0 Å². The number of ether oxygens (including phenoxy) is 1. The molecule has 0 saturated carbocycles. The number of hydrogen-bond acceptors (Lipinski definition) is 4. The summed E-state index contributed by atoms with van der Waals surface area (Å²) in [4.78, 5) is 11.2. The molecule has 5 heteroatoms. The number of rotatable bonds is 4. The van der Waals surface area contributed by atoms with Crippen LogP contribution in [-0.2, 0) is 0 Å². The minimum Gasteiger partial charge on any atom is -0.493 e. The molecule has 0 radical (unpaired) electrons. The number of aromatic nitrogens is 1. The van der Waals surface area contributed by atoms with E-state index in [1.165, 1.54) is 0 Å². The van der Waals surface area contributed by atoms with Crippen LogP contribution in [0, 0.1) is 6.92 Å². The molecule has 0 fully saturated rings. The van der Waals surface area contributed by atoms with E-state index in [1.807, 2.05) is 13.0 Å². The second-order valence-corrected chi connectivity index (χ2v) is 3.70. The van der Waals surface area contributed by atoms with Crippen LogP contribution in [0.25, 0.3) is 11.3 Å². The highest BCUT2D eigenvalue weighted by atomic mass is 16.5. The van der Waals surface area contributed by atoms with Gasteiger partial charge >= 0.3 is 5.97 Å². The Morgan fingerprint density at radius 3 is 2.83 bits per heavy atom. The van der Waals surface area contributed by atoms with Crippen molar-refractivity contribution >= 4 is 5.97 Å². The minimum atomic E-state index is -1.06. The van der Waals surface area contributed by atoms with Crippen molar-refractivity contribution < 1.29 is 19.2 Å².